The van der Waals surface area contributed by atoms with Crippen molar-refractivity contribution in [1.29, 1.82) is 0 Å². The summed E-state index contributed by atoms with van der Waals surface area (Å²) in [5, 5.41) is 0. The predicted octanol–water partition coefficient (Wildman–Crippen LogP) is 2.87. The first-order chi connectivity index (χ1) is 13.0. The Balaban J connectivity index is 1.68. The molecule has 0 saturated carbocycles. The minimum atomic E-state index is -0.589. The van der Waals surface area contributed by atoms with Crippen molar-refractivity contribution in [3.63, 3.8) is 0 Å². The van der Waals surface area contributed by atoms with Crippen LogP contribution in [0.2, 0.25) is 0 Å². The van der Waals surface area contributed by atoms with E-state index < -0.39 is 11.6 Å². The van der Waals surface area contributed by atoms with E-state index in [9.17, 15) is 13.6 Å². The number of hydrogen-bond donors (Lipinski definition) is 0. The highest BCUT2D eigenvalue weighted by atomic mass is 19.1. The van der Waals surface area contributed by atoms with Crippen LogP contribution in [-0.2, 0) is 11.2 Å². The minimum Gasteiger partial charge on any atom is -0.496 e. The topological polar surface area (TPSA) is 42.0 Å². The number of carbonyl (C=O) groups excluding carboxylic acids is 1. The highest BCUT2D eigenvalue weighted by molar-refractivity contribution is 5.80. The smallest absolute Gasteiger partial charge is 0.227 e. The molecular weight excluding hydrogens is 354 g/mol. The van der Waals surface area contributed by atoms with E-state index >= 15 is 0 Å². The molecule has 1 aliphatic rings. The standard InChI is InChI=1S/C20H22F2N2O3/c1-26-17-7-4-8-18(27-2)14(17)13-19(25)23-9-11-24(12-10-23)20-15(21)5-3-6-16(20)22/h3-8H,9-13H2,1-2H3. The van der Waals surface area contributed by atoms with Crippen LogP contribution in [0.5, 0.6) is 11.5 Å². The van der Waals surface area contributed by atoms with E-state index in [1.54, 1.807) is 42.2 Å². The van der Waals surface area contributed by atoms with Crippen molar-refractivity contribution in [2.45, 2.75) is 6.42 Å². The van der Waals surface area contributed by atoms with Crippen LogP contribution in [-0.4, -0.2) is 51.2 Å². The minimum absolute atomic E-state index is 0.0315. The maximum absolute atomic E-state index is 14.0. The fourth-order valence-electron chi connectivity index (χ4n) is 3.34. The average molecular weight is 376 g/mol. The zero-order chi connectivity index (χ0) is 19.4. The maximum Gasteiger partial charge on any atom is 0.227 e. The molecule has 0 unspecified atom stereocenters. The summed E-state index contributed by atoms with van der Waals surface area (Å²) in [6.45, 7) is 1.52. The molecule has 1 heterocycles. The lowest BCUT2D eigenvalue weighted by Gasteiger charge is -2.36. The molecule has 0 N–H and O–H groups in total. The van der Waals surface area contributed by atoms with Crippen molar-refractivity contribution >= 4 is 11.6 Å². The molecule has 0 atom stereocenters. The first-order valence-electron chi connectivity index (χ1n) is 8.71. The lowest BCUT2D eigenvalue weighted by Crippen LogP contribution is -2.49. The van der Waals surface area contributed by atoms with E-state index in [4.69, 9.17) is 9.47 Å². The molecule has 1 amide bonds. The number of amides is 1. The molecule has 0 radical (unpaired) electrons. The van der Waals surface area contributed by atoms with Crippen LogP contribution in [0, 0.1) is 11.6 Å². The van der Waals surface area contributed by atoms with Crippen LogP contribution in [0.4, 0.5) is 14.5 Å². The van der Waals surface area contributed by atoms with E-state index in [1.807, 2.05) is 0 Å². The number of carbonyl (C=O) groups is 1. The second-order valence-corrected chi connectivity index (χ2v) is 6.26. The Morgan fingerprint density at radius 3 is 1.96 bits per heavy atom. The molecule has 0 bridgehead atoms. The average Bonchev–Trinajstić information content (AvgIpc) is 2.68. The Morgan fingerprint density at radius 1 is 0.926 bits per heavy atom. The van der Waals surface area contributed by atoms with Crippen LogP contribution >= 0.6 is 0 Å². The van der Waals surface area contributed by atoms with Gasteiger partial charge < -0.3 is 19.3 Å². The molecule has 0 aromatic heterocycles. The number of piperazine rings is 1. The summed E-state index contributed by atoms with van der Waals surface area (Å²) in [5.41, 5.74) is 0.658. The summed E-state index contributed by atoms with van der Waals surface area (Å²) in [6, 6.07) is 9.18. The number of benzene rings is 2. The van der Waals surface area contributed by atoms with Gasteiger partial charge in [0.2, 0.25) is 5.91 Å². The van der Waals surface area contributed by atoms with Crippen LogP contribution < -0.4 is 14.4 Å². The van der Waals surface area contributed by atoms with Crippen LogP contribution in [0.15, 0.2) is 36.4 Å². The first kappa shape index (κ1) is 18.9. The molecule has 144 valence electrons. The maximum atomic E-state index is 14.0. The zero-order valence-corrected chi connectivity index (χ0v) is 15.4. The Bertz CT molecular complexity index is 778. The molecule has 1 fully saturated rings. The molecule has 1 saturated heterocycles. The van der Waals surface area contributed by atoms with Gasteiger partial charge in [0.25, 0.3) is 0 Å². The molecular formula is C20H22F2N2O3. The molecule has 3 rings (SSSR count). The fraction of sp³-hybridized carbons (Fsp3) is 0.350. The van der Waals surface area contributed by atoms with E-state index in [0.29, 0.717) is 43.2 Å². The van der Waals surface area contributed by atoms with Gasteiger partial charge in [-0.1, -0.05) is 12.1 Å². The van der Waals surface area contributed by atoms with Gasteiger partial charge in [0, 0.05) is 31.7 Å². The van der Waals surface area contributed by atoms with E-state index in [1.165, 1.54) is 18.2 Å². The van der Waals surface area contributed by atoms with Crippen molar-refractivity contribution < 1.29 is 23.0 Å². The predicted molar refractivity (Wildman–Crippen MR) is 98.4 cm³/mol. The van der Waals surface area contributed by atoms with Gasteiger partial charge in [-0.2, -0.15) is 0 Å². The number of hydrogen-bond acceptors (Lipinski definition) is 4. The fourth-order valence-corrected chi connectivity index (χ4v) is 3.34. The lowest BCUT2D eigenvalue weighted by molar-refractivity contribution is -0.130. The Labute approximate surface area is 157 Å². The van der Waals surface area contributed by atoms with Crippen molar-refractivity contribution in [3.8, 4) is 11.5 Å². The number of para-hydroxylation sites is 1. The molecule has 0 spiro atoms. The highest BCUT2D eigenvalue weighted by Gasteiger charge is 2.26. The van der Waals surface area contributed by atoms with Gasteiger partial charge in [-0.15, -0.1) is 0 Å². The molecule has 0 aliphatic carbocycles. The summed E-state index contributed by atoms with van der Waals surface area (Å²) in [5.74, 6) is -0.0712. The van der Waals surface area contributed by atoms with Crippen LogP contribution in [0.1, 0.15) is 5.56 Å². The van der Waals surface area contributed by atoms with Crippen LogP contribution in [0.3, 0.4) is 0 Å². The largest absolute Gasteiger partial charge is 0.496 e. The number of anilines is 1. The monoisotopic (exact) mass is 376 g/mol. The van der Waals surface area contributed by atoms with Crippen molar-refractivity contribution in [2.24, 2.45) is 0 Å². The third-order valence-corrected chi connectivity index (χ3v) is 4.74. The van der Waals surface area contributed by atoms with Gasteiger partial charge in [0.05, 0.1) is 20.6 Å². The summed E-state index contributed by atoms with van der Waals surface area (Å²) < 4.78 is 38.6. The highest BCUT2D eigenvalue weighted by Crippen LogP contribution is 2.29. The van der Waals surface area contributed by atoms with E-state index in [0.717, 1.165) is 0 Å². The summed E-state index contributed by atoms with van der Waals surface area (Å²) in [6.07, 6.45) is 0.140. The molecule has 7 heteroatoms. The van der Waals surface area contributed by atoms with Gasteiger partial charge in [-0.3, -0.25) is 4.79 Å². The third kappa shape index (κ3) is 3.97. The molecule has 2 aromatic carbocycles. The van der Waals surface area contributed by atoms with Gasteiger partial charge in [0.1, 0.15) is 28.8 Å². The number of nitrogens with zero attached hydrogens (tertiary/aromatic N) is 2. The van der Waals surface area contributed by atoms with E-state index in [2.05, 4.69) is 0 Å². The van der Waals surface area contributed by atoms with Gasteiger partial charge >= 0.3 is 0 Å². The lowest BCUT2D eigenvalue weighted by atomic mass is 10.1. The zero-order valence-electron chi connectivity index (χ0n) is 15.4. The van der Waals surface area contributed by atoms with Crippen molar-refractivity contribution in [2.75, 3.05) is 45.3 Å². The summed E-state index contributed by atoms with van der Waals surface area (Å²) in [4.78, 5) is 16.1. The van der Waals surface area contributed by atoms with Crippen LogP contribution in [0.25, 0.3) is 0 Å². The van der Waals surface area contributed by atoms with Gasteiger partial charge in [0.15, 0.2) is 0 Å². The van der Waals surface area contributed by atoms with Gasteiger partial charge in [-0.05, 0) is 24.3 Å². The number of halogens is 2. The number of ether oxygens (including phenoxy) is 2. The quantitative estimate of drug-likeness (QED) is 0.805. The number of methoxy groups -OCH3 is 2. The SMILES string of the molecule is COc1cccc(OC)c1CC(=O)N1CCN(c2c(F)cccc2F)CC1. The second-order valence-electron chi connectivity index (χ2n) is 6.26. The normalized spacial score (nSPS) is 14.2. The van der Waals surface area contributed by atoms with E-state index in [-0.39, 0.29) is 18.0 Å². The van der Waals surface area contributed by atoms with Gasteiger partial charge in [-0.25, -0.2) is 8.78 Å². The summed E-state index contributed by atoms with van der Waals surface area (Å²) >= 11 is 0. The molecule has 5 nitrogen and oxygen atoms in total. The third-order valence-electron chi connectivity index (χ3n) is 4.74. The first-order valence-corrected chi connectivity index (χ1v) is 8.71. The molecule has 1 aliphatic heterocycles. The van der Waals surface area contributed by atoms with Crippen molar-refractivity contribution in [1.82, 2.24) is 4.90 Å². The molecule has 2 aromatic rings. The second kappa shape index (κ2) is 8.24. The Hall–Kier alpha value is -2.83. The van der Waals surface area contributed by atoms with Crippen molar-refractivity contribution in [3.05, 3.63) is 53.6 Å². The summed E-state index contributed by atoms with van der Waals surface area (Å²) in [7, 11) is 3.09. The number of rotatable bonds is 5. The Kier molecular flexibility index (Phi) is 5.78. The molecule has 27 heavy (non-hydrogen) atoms. The Morgan fingerprint density at radius 2 is 1.44 bits per heavy atom.